The molecular formula is C34H43NO4. The van der Waals surface area contributed by atoms with E-state index in [1.165, 1.54) is 68.3 Å². The van der Waals surface area contributed by atoms with Crippen LogP contribution >= 0.6 is 0 Å². The molecule has 3 aromatic carbocycles. The van der Waals surface area contributed by atoms with Crippen LogP contribution in [0.1, 0.15) is 83.6 Å². The Morgan fingerprint density at radius 2 is 1.26 bits per heavy atom. The highest BCUT2D eigenvalue weighted by Crippen LogP contribution is 2.39. The molecule has 0 aliphatic carbocycles. The number of benzene rings is 3. The Morgan fingerprint density at radius 1 is 0.692 bits per heavy atom. The van der Waals surface area contributed by atoms with Crippen molar-refractivity contribution >= 4 is 23.3 Å². The lowest BCUT2D eigenvalue weighted by atomic mass is 10.0. The molecule has 0 heterocycles. The summed E-state index contributed by atoms with van der Waals surface area (Å²) in [6.07, 6.45) is 14.0. The van der Waals surface area contributed by atoms with Gasteiger partial charge in [0, 0.05) is 16.8 Å². The van der Waals surface area contributed by atoms with Gasteiger partial charge in [-0.3, -0.25) is 9.69 Å². The standard InChI is InChI=1S/C34H43NO4/c1-3-5-6-7-8-9-10-11-12-13-18-27-23-25-28(26-24-27)35(33(36)34(37)38)31-21-16-14-19-29(31)30-20-15-17-22-32(30)39-4-2/h14-17,19-26H,3-13,18H2,1-2H3,(H,37,38). The molecule has 3 rings (SSSR count). The first kappa shape index (κ1) is 29.9. The molecular weight excluding hydrogens is 486 g/mol. The van der Waals surface area contributed by atoms with Gasteiger partial charge in [0.1, 0.15) is 5.75 Å². The molecule has 0 bridgehead atoms. The van der Waals surface area contributed by atoms with Crippen LogP contribution in [-0.4, -0.2) is 23.6 Å². The maximum atomic E-state index is 13.0. The Balaban J connectivity index is 1.70. The third-order valence-electron chi connectivity index (χ3n) is 7.02. The summed E-state index contributed by atoms with van der Waals surface area (Å²) in [6, 6.07) is 22.6. The first-order chi connectivity index (χ1) is 19.1. The van der Waals surface area contributed by atoms with Gasteiger partial charge in [0.05, 0.1) is 12.3 Å². The fourth-order valence-corrected chi connectivity index (χ4v) is 4.96. The molecule has 0 radical (unpaired) electrons. The summed E-state index contributed by atoms with van der Waals surface area (Å²) in [6.45, 7) is 4.67. The first-order valence-electron chi connectivity index (χ1n) is 14.5. The number of nitrogens with zero attached hydrogens (tertiary/aromatic N) is 1. The molecule has 0 aromatic heterocycles. The number of hydrogen-bond donors (Lipinski definition) is 1. The van der Waals surface area contributed by atoms with Gasteiger partial charge in [-0.25, -0.2) is 4.79 Å². The Bertz CT molecular complexity index is 1170. The Labute approximate surface area is 233 Å². The van der Waals surface area contributed by atoms with Gasteiger partial charge in [0.25, 0.3) is 0 Å². The number of ether oxygens (including phenoxy) is 1. The summed E-state index contributed by atoms with van der Waals surface area (Å²) < 4.78 is 5.82. The molecule has 5 nitrogen and oxygen atoms in total. The number of carbonyl (C=O) groups is 2. The summed E-state index contributed by atoms with van der Waals surface area (Å²) in [7, 11) is 0. The monoisotopic (exact) mass is 529 g/mol. The van der Waals surface area contributed by atoms with Crippen LogP contribution in [0.5, 0.6) is 5.75 Å². The Morgan fingerprint density at radius 3 is 1.87 bits per heavy atom. The van der Waals surface area contributed by atoms with E-state index in [0.29, 0.717) is 23.7 Å². The highest BCUT2D eigenvalue weighted by atomic mass is 16.5. The van der Waals surface area contributed by atoms with Crippen molar-refractivity contribution in [2.75, 3.05) is 11.5 Å². The molecule has 0 saturated heterocycles. The van der Waals surface area contributed by atoms with Gasteiger partial charge in [-0.15, -0.1) is 0 Å². The van der Waals surface area contributed by atoms with Gasteiger partial charge >= 0.3 is 11.9 Å². The SMILES string of the molecule is CCCCCCCCCCCCc1ccc(N(C(=O)C(=O)O)c2ccccc2-c2ccccc2OCC)cc1. The zero-order valence-electron chi connectivity index (χ0n) is 23.5. The molecule has 0 fully saturated rings. The van der Waals surface area contributed by atoms with E-state index in [1.54, 1.807) is 6.07 Å². The van der Waals surface area contributed by atoms with E-state index in [9.17, 15) is 14.7 Å². The number of para-hydroxylation sites is 2. The van der Waals surface area contributed by atoms with E-state index in [-0.39, 0.29) is 0 Å². The van der Waals surface area contributed by atoms with Crippen molar-refractivity contribution in [3.63, 3.8) is 0 Å². The van der Waals surface area contributed by atoms with Crippen LogP contribution in [0.2, 0.25) is 0 Å². The summed E-state index contributed by atoms with van der Waals surface area (Å²) in [5.41, 5.74) is 3.74. The lowest BCUT2D eigenvalue weighted by Crippen LogP contribution is -2.33. The number of carbonyl (C=O) groups excluding carboxylic acids is 1. The van der Waals surface area contributed by atoms with Crippen molar-refractivity contribution in [2.45, 2.75) is 84.5 Å². The molecule has 0 atom stereocenters. The number of amides is 1. The third kappa shape index (κ3) is 8.98. The van der Waals surface area contributed by atoms with Crippen molar-refractivity contribution in [3.05, 3.63) is 78.4 Å². The Kier molecular flexibility index (Phi) is 12.6. The molecule has 3 aromatic rings. The smallest absolute Gasteiger partial charge is 0.395 e. The van der Waals surface area contributed by atoms with Crippen LogP contribution in [0.4, 0.5) is 11.4 Å². The zero-order valence-corrected chi connectivity index (χ0v) is 23.5. The number of rotatable bonds is 16. The van der Waals surface area contributed by atoms with E-state index >= 15 is 0 Å². The number of unbranched alkanes of at least 4 members (excludes halogenated alkanes) is 9. The van der Waals surface area contributed by atoms with Crippen LogP contribution in [0.3, 0.4) is 0 Å². The van der Waals surface area contributed by atoms with Crippen molar-refractivity contribution in [1.29, 1.82) is 0 Å². The number of anilines is 2. The van der Waals surface area contributed by atoms with Crippen molar-refractivity contribution in [3.8, 4) is 16.9 Å². The molecule has 0 unspecified atom stereocenters. The quantitative estimate of drug-likeness (QED) is 0.149. The molecule has 5 heteroatoms. The summed E-state index contributed by atoms with van der Waals surface area (Å²) in [4.78, 5) is 26.1. The van der Waals surface area contributed by atoms with Gasteiger partial charge < -0.3 is 9.84 Å². The average molecular weight is 530 g/mol. The van der Waals surface area contributed by atoms with Gasteiger partial charge in [-0.05, 0) is 49.6 Å². The van der Waals surface area contributed by atoms with Crippen molar-refractivity contribution in [2.24, 2.45) is 0 Å². The summed E-state index contributed by atoms with van der Waals surface area (Å²) in [5, 5.41) is 9.67. The largest absolute Gasteiger partial charge is 0.493 e. The predicted octanol–water partition coefficient (Wildman–Crippen LogP) is 8.97. The van der Waals surface area contributed by atoms with Gasteiger partial charge in [-0.2, -0.15) is 0 Å². The molecule has 0 saturated carbocycles. The van der Waals surface area contributed by atoms with Crippen LogP contribution in [0.25, 0.3) is 11.1 Å². The highest BCUT2D eigenvalue weighted by Gasteiger charge is 2.27. The predicted molar refractivity (Wildman–Crippen MR) is 160 cm³/mol. The number of aryl methyl sites for hydroxylation is 1. The van der Waals surface area contributed by atoms with Crippen LogP contribution in [0, 0.1) is 0 Å². The molecule has 0 spiro atoms. The van der Waals surface area contributed by atoms with Crippen molar-refractivity contribution < 1.29 is 19.4 Å². The van der Waals surface area contributed by atoms with E-state index in [2.05, 4.69) is 6.92 Å². The highest BCUT2D eigenvalue weighted by molar-refractivity contribution is 6.39. The molecule has 1 N–H and O–H groups in total. The summed E-state index contributed by atoms with van der Waals surface area (Å²) in [5.74, 6) is -1.82. The zero-order chi connectivity index (χ0) is 27.9. The van der Waals surface area contributed by atoms with Crippen LogP contribution < -0.4 is 9.64 Å². The molecule has 0 aliphatic heterocycles. The number of carboxylic acids is 1. The van der Waals surface area contributed by atoms with E-state index in [0.717, 1.165) is 24.0 Å². The summed E-state index contributed by atoms with van der Waals surface area (Å²) >= 11 is 0. The number of carboxylic acid groups (broad SMARTS) is 1. The van der Waals surface area contributed by atoms with Crippen molar-refractivity contribution in [1.82, 2.24) is 0 Å². The lowest BCUT2D eigenvalue weighted by molar-refractivity contribution is -0.148. The maximum Gasteiger partial charge on any atom is 0.395 e. The second-order valence-electron chi connectivity index (χ2n) is 9.99. The van der Waals surface area contributed by atoms with E-state index in [1.807, 2.05) is 73.7 Å². The first-order valence-corrected chi connectivity index (χ1v) is 14.5. The molecule has 208 valence electrons. The average Bonchev–Trinajstić information content (AvgIpc) is 2.95. The number of hydrogen-bond acceptors (Lipinski definition) is 3. The second kappa shape index (κ2) is 16.4. The number of aliphatic carboxylic acids is 1. The molecule has 39 heavy (non-hydrogen) atoms. The third-order valence-corrected chi connectivity index (χ3v) is 7.02. The minimum Gasteiger partial charge on any atom is -0.493 e. The van der Waals surface area contributed by atoms with E-state index < -0.39 is 11.9 Å². The van der Waals surface area contributed by atoms with Gasteiger partial charge in [0.15, 0.2) is 0 Å². The van der Waals surface area contributed by atoms with Crippen LogP contribution in [-0.2, 0) is 16.0 Å². The minimum atomic E-state index is -1.50. The second-order valence-corrected chi connectivity index (χ2v) is 9.99. The maximum absolute atomic E-state index is 13.0. The fourth-order valence-electron chi connectivity index (χ4n) is 4.96. The topological polar surface area (TPSA) is 66.8 Å². The fraction of sp³-hybridized carbons (Fsp3) is 0.412. The normalized spacial score (nSPS) is 10.8. The van der Waals surface area contributed by atoms with E-state index in [4.69, 9.17) is 4.74 Å². The lowest BCUT2D eigenvalue weighted by Gasteiger charge is -2.25. The molecule has 1 amide bonds. The van der Waals surface area contributed by atoms with Crippen LogP contribution in [0.15, 0.2) is 72.8 Å². The van der Waals surface area contributed by atoms with Gasteiger partial charge in [-0.1, -0.05) is 113 Å². The van der Waals surface area contributed by atoms with Gasteiger partial charge in [0.2, 0.25) is 0 Å². The minimum absolute atomic E-state index is 0.497. The Hall–Kier alpha value is -3.60. The molecule has 0 aliphatic rings.